The lowest BCUT2D eigenvalue weighted by atomic mass is 9.94. The van der Waals surface area contributed by atoms with Gasteiger partial charge in [-0.1, -0.05) is 55.0 Å². The maximum absolute atomic E-state index is 12.7. The number of carbonyl (C=O) groups is 3. The summed E-state index contributed by atoms with van der Waals surface area (Å²) in [5.74, 6) is -1.05. The number of carbonyl (C=O) groups excluding carboxylic acids is 2. The van der Waals surface area contributed by atoms with Crippen molar-refractivity contribution in [1.29, 1.82) is 0 Å². The minimum Gasteiger partial charge on any atom is -0.481 e. The molecule has 4 rings (SSSR count). The summed E-state index contributed by atoms with van der Waals surface area (Å²) < 4.78 is 5.61. The third-order valence-electron chi connectivity index (χ3n) is 7.03. The molecular formula is C27H32N2O5. The highest BCUT2D eigenvalue weighted by Crippen LogP contribution is 2.44. The zero-order chi connectivity index (χ0) is 24.1. The van der Waals surface area contributed by atoms with E-state index in [1.807, 2.05) is 31.2 Å². The van der Waals surface area contributed by atoms with Gasteiger partial charge in [0, 0.05) is 30.8 Å². The normalized spacial score (nSPS) is 19.7. The standard InChI is InChI=1S/C27H32N2O5/c1-17(13-14-25(30)31)29-26(32)19-12-6-7-18(19)15-28-27(33)34-16-24-22-10-4-2-8-20(22)21-9-3-5-11-23(21)24/h2-5,8-11,17-19,24H,6-7,12-16H2,1H3,(H,28,33)(H,29,32)(H,30,31). The van der Waals surface area contributed by atoms with Gasteiger partial charge in [-0.3, -0.25) is 9.59 Å². The van der Waals surface area contributed by atoms with Crippen molar-refractivity contribution < 1.29 is 24.2 Å². The second-order valence-corrected chi connectivity index (χ2v) is 9.35. The van der Waals surface area contributed by atoms with Gasteiger partial charge >= 0.3 is 12.1 Å². The number of ether oxygens (including phenoxy) is 1. The third-order valence-corrected chi connectivity index (χ3v) is 7.03. The highest BCUT2D eigenvalue weighted by molar-refractivity contribution is 5.80. The Hall–Kier alpha value is -3.35. The molecule has 3 N–H and O–H groups in total. The molecule has 0 aromatic heterocycles. The van der Waals surface area contributed by atoms with E-state index in [9.17, 15) is 14.4 Å². The van der Waals surface area contributed by atoms with Crippen LogP contribution in [0.5, 0.6) is 0 Å². The Labute approximate surface area is 199 Å². The van der Waals surface area contributed by atoms with Gasteiger partial charge in [0.15, 0.2) is 0 Å². The molecule has 180 valence electrons. The second kappa shape index (κ2) is 10.7. The monoisotopic (exact) mass is 464 g/mol. The van der Waals surface area contributed by atoms with E-state index in [1.54, 1.807) is 0 Å². The van der Waals surface area contributed by atoms with E-state index < -0.39 is 12.1 Å². The van der Waals surface area contributed by atoms with E-state index in [2.05, 4.69) is 34.9 Å². The van der Waals surface area contributed by atoms with Gasteiger partial charge in [0.25, 0.3) is 0 Å². The van der Waals surface area contributed by atoms with Crippen molar-refractivity contribution in [3.63, 3.8) is 0 Å². The summed E-state index contributed by atoms with van der Waals surface area (Å²) in [4.78, 5) is 35.9. The molecule has 0 heterocycles. The predicted octanol–water partition coefficient (Wildman–Crippen LogP) is 4.31. The topological polar surface area (TPSA) is 105 Å². The van der Waals surface area contributed by atoms with E-state index >= 15 is 0 Å². The van der Waals surface area contributed by atoms with E-state index in [4.69, 9.17) is 9.84 Å². The first-order chi connectivity index (χ1) is 16.4. The van der Waals surface area contributed by atoms with Crippen molar-refractivity contribution in [1.82, 2.24) is 10.6 Å². The van der Waals surface area contributed by atoms with Crippen LogP contribution in [-0.2, 0) is 14.3 Å². The Morgan fingerprint density at radius 2 is 1.68 bits per heavy atom. The number of amides is 2. The molecule has 1 fully saturated rings. The zero-order valence-corrected chi connectivity index (χ0v) is 19.5. The number of nitrogens with one attached hydrogen (secondary N) is 2. The number of benzene rings is 2. The molecule has 1 saturated carbocycles. The summed E-state index contributed by atoms with van der Waals surface area (Å²) in [5, 5.41) is 14.6. The minimum atomic E-state index is -0.868. The van der Waals surface area contributed by atoms with Crippen LogP contribution in [0.2, 0.25) is 0 Å². The Bertz CT molecular complexity index is 1010. The van der Waals surface area contributed by atoms with Crippen molar-refractivity contribution in [2.45, 2.75) is 51.0 Å². The van der Waals surface area contributed by atoms with E-state index in [0.29, 0.717) is 13.0 Å². The molecule has 7 heteroatoms. The molecule has 3 atom stereocenters. The zero-order valence-electron chi connectivity index (χ0n) is 19.5. The maximum atomic E-state index is 12.7. The predicted molar refractivity (Wildman–Crippen MR) is 128 cm³/mol. The SMILES string of the molecule is CC(CCC(=O)O)NC(=O)C1CCCC1CNC(=O)OCC1c2ccccc2-c2ccccc21. The van der Waals surface area contributed by atoms with Crippen LogP contribution in [0, 0.1) is 11.8 Å². The molecule has 7 nitrogen and oxygen atoms in total. The molecule has 0 aliphatic heterocycles. The largest absolute Gasteiger partial charge is 0.481 e. The second-order valence-electron chi connectivity index (χ2n) is 9.35. The van der Waals surface area contributed by atoms with Crippen LogP contribution in [0.4, 0.5) is 4.79 Å². The summed E-state index contributed by atoms with van der Waals surface area (Å²) >= 11 is 0. The van der Waals surface area contributed by atoms with E-state index in [0.717, 1.165) is 19.3 Å². The first kappa shape index (κ1) is 23.8. The van der Waals surface area contributed by atoms with Crippen LogP contribution in [0.1, 0.15) is 56.1 Å². The van der Waals surface area contributed by atoms with Crippen LogP contribution in [0.3, 0.4) is 0 Å². The highest BCUT2D eigenvalue weighted by Gasteiger charge is 2.34. The van der Waals surface area contributed by atoms with Crippen LogP contribution >= 0.6 is 0 Å². The molecule has 0 bridgehead atoms. The molecule has 2 aromatic rings. The van der Waals surface area contributed by atoms with Crippen LogP contribution in [0.15, 0.2) is 48.5 Å². The minimum absolute atomic E-state index is 0.00967. The molecule has 2 aromatic carbocycles. The summed E-state index contributed by atoms with van der Waals surface area (Å²) in [7, 11) is 0. The lowest BCUT2D eigenvalue weighted by Gasteiger charge is -2.22. The smallest absolute Gasteiger partial charge is 0.407 e. The first-order valence-electron chi connectivity index (χ1n) is 12.0. The fourth-order valence-corrected chi connectivity index (χ4v) is 5.25. The molecule has 2 aliphatic rings. The van der Waals surface area contributed by atoms with E-state index in [-0.39, 0.29) is 42.7 Å². The number of carboxylic acid groups (broad SMARTS) is 1. The quantitative estimate of drug-likeness (QED) is 0.513. The third kappa shape index (κ3) is 5.41. The number of carboxylic acids is 1. The van der Waals surface area contributed by atoms with Crippen LogP contribution in [0.25, 0.3) is 11.1 Å². The lowest BCUT2D eigenvalue weighted by Crippen LogP contribution is -2.41. The van der Waals surface area contributed by atoms with Gasteiger partial charge in [-0.05, 0) is 54.4 Å². The van der Waals surface area contributed by atoms with Crippen molar-refractivity contribution in [3.8, 4) is 11.1 Å². The van der Waals surface area contributed by atoms with Gasteiger partial charge in [-0.25, -0.2) is 4.79 Å². The molecule has 0 radical (unpaired) electrons. The number of rotatable bonds is 9. The molecule has 2 amide bonds. The molecular weight excluding hydrogens is 432 g/mol. The number of alkyl carbamates (subject to hydrolysis) is 1. The fourth-order valence-electron chi connectivity index (χ4n) is 5.25. The number of hydrogen-bond donors (Lipinski definition) is 3. The van der Waals surface area contributed by atoms with E-state index in [1.165, 1.54) is 22.3 Å². The Morgan fingerprint density at radius 3 is 2.32 bits per heavy atom. The van der Waals surface area contributed by atoms with Crippen molar-refractivity contribution in [3.05, 3.63) is 59.7 Å². The van der Waals surface area contributed by atoms with Crippen molar-refractivity contribution in [2.24, 2.45) is 11.8 Å². The molecule has 0 spiro atoms. The summed E-state index contributed by atoms with van der Waals surface area (Å²) in [5.41, 5.74) is 4.70. The maximum Gasteiger partial charge on any atom is 0.407 e. The first-order valence-corrected chi connectivity index (χ1v) is 12.0. The van der Waals surface area contributed by atoms with Gasteiger partial charge in [-0.15, -0.1) is 0 Å². The average Bonchev–Trinajstić information content (AvgIpc) is 3.43. The van der Waals surface area contributed by atoms with Gasteiger partial charge < -0.3 is 20.5 Å². The van der Waals surface area contributed by atoms with Gasteiger partial charge in [0.05, 0.1) is 0 Å². The number of fused-ring (bicyclic) bond motifs is 3. The summed E-state index contributed by atoms with van der Waals surface area (Å²) in [6, 6.07) is 16.2. The Morgan fingerprint density at radius 1 is 1.03 bits per heavy atom. The Kier molecular flexibility index (Phi) is 7.50. The number of aliphatic carboxylic acids is 1. The lowest BCUT2D eigenvalue weighted by molar-refractivity contribution is -0.137. The van der Waals surface area contributed by atoms with Gasteiger partial charge in [0.1, 0.15) is 6.61 Å². The summed E-state index contributed by atoms with van der Waals surface area (Å²) in [6.07, 6.45) is 2.52. The Balaban J connectivity index is 1.27. The average molecular weight is 465 g/mol. The van der Waals surface area contributed by atoms with Crippen molar-refractivity contribution >= 4 is 18.0 Å². The number of hydrogen-bond acceptors (Lipinski definition) is 4. The van der Waals surface area contributed by atoms with Crippen LogP contribution in [-0.4, -0.2) is 42.3 Å². The van der Waals surface area contributed by atoms with Gasteiger partial charge in [-0.2, -0.15) is 0 Å². The van der Waals surface area contributed by atoms with Crippen LogP contribution < -0.4 is 10.6 Å². The molecule has 2 aliphatic carbocycles. The molecule has 34 heavy (non-hydrogen) atoms. The molecule has 0 saturated heterocycles. The van der Waals surface area contributed by atoms with Crippen molar-refractivity contribution in [2.75, 3.05) is 13.2 Å². The molecule has 3 unspecified atom stereocenters. The summed E-state index contributed by atoms with van der Waals surface area (Å²) in [6.45, 7) is 2.47. The van der Waals surface area contributed by atoms with Gasteiger partial charge in [0.2, 0.25) is 5.91 Å². The fraction of sp³-hybridized carbons (Fsp3) is 0.444. The highest BCUT2D eigenvalue weighted by atomic mass is 16.5.